The molecule has 124 valence electrons. The number of pyridine rings is 1. The molecule has 0 saturated carbocycles. The standard InChI is InChI=1S/C15H15N5O2S2/c21-5-4-20(8-11-3-6-23-9-11)13-2-1-12(7-16-13)14(22)18-15-19-17-10-24-15/h1-3,6-7,9-10,21H,4-5,8H2,(H,18,19,22). The third kappa shape index (κ3) is 4.13. The summed E-state index contributed by atoms with van der Waals surface area (Å²) in [6.45, 7) is 1.16. The molecule has 0 spiro atoms. The topological polar surface area (TPSA) is 91.2 Å². The summed E-state index contributed by atoms with van der Waals surface area (Å²) >= 11 is 2.88. The molecule has 0 radical (unpaired) electrons. The van der Waals surface area contributed by atoms with Crippen LogP contribution in [-0.2, 0) is 6.54 Å². The van der Waals surface area contributed by atoms with Gasteiger partial charge in [0.2, 0.25) is 5.13 Å². The summed E-state index contributed by atoms with van der Waals surface area (Å²) in [5, 5.41) is 23.9. The number of nitrogens with zero attached hydrogens (tertiary/aromatic N) is 4. The number of aromatic nitrogens is 3. The molecule has 2 N–H and O–H groups in total. The zero-order valence-electron chi connectivity index (χ0n) is 12.6. The highest BCUT2D eigenvalue weighted by Gasteiger charge is 2.12. The minimum absolute atomic E-state index is 0.0328. The zero-order chi connectivity index (χ0) is 16.8. The van der Waals surface area contributed by atoms with Crippen molar-refractivity contribution in [2.45, 2.75) is 6.54 Å². The van der Waals surface area contributed by atoms with E-state index >= 15 is 0 Å². The van der Waals surface area contributed by atoms with E-state index in [1.165, 1.54) is 17.5 Å². The van der Waals surface area contributed by atoms with Crippen LogP contribution in [0.15, 0.2) is 40.7 Å². The van der Waals surface area contributed by atoms with Crippen molar-refractivity contribution in [3.05, 3.63) is 51.8 Å². The highest BCUT2D eigenvalue weighted by molar-refractivity contribution is 7.13. The number of aliphatic hydroxyl groups is 1. The summed E-state index contributed by atoms with van der Waals surface area (Å²) in [5.41, 5.74) is 3.15. The Kier molecular flexibility index (Phi) is 5.47. The van der Waals surface area contributed by atoms with E-state index in [4.69, 9.17) is 0 Å². The van der Waals surface area contributed by atoms with E-state index in [1.807, 2.05) is 16.3 Å². The van der Waals surface area contributed by atoms with Gasteiger partial charge >= 0.3 is 0 Å². The van der Waals surface area contributed by atoms with Gasteiger partial charge in [0.1, 0.15) is 11.3 Å². The lowest BCUT2D eigenvalue weighted by Crippen LogP contribution is -2.27. The van der Waals surface area contributed by atoms with Gasteiger partial charge in [0, 0.05) is 19.3 Å². The first-order valence-corrected chi connectivity index (χ1v) is 8.99. The molecule has 1 amide bonds. The van der Waals surface area contributed by atoms with Gasteiger partial charge in [-0.15, -0.1) is 10.2 Å². The Bertz CT molecular complexity index is 760. The van der Waals surface area contributed by atoms with Gasteiger partial charge in [-0.3, -0.25) is 10.1 Å². The van der Waals surface area contributed by atoms with Gasteiger partial charge in [-0.1, -0.05) is 11.3 Å². The number of nitrogens with one attached hydrogen (secondary N) is 1. The predicted molar refractivity (Wildman–Crippen MR) is 94.6 cm³/mol. The SMILES string of the molecule is O=C(Nc1nncs1)c1ccc(N(CCO)Cc2ccsc2)nc1. The fraction of sp³-hybridized carbons (Fsp3) is 0.200. The van der Waals surface area contributed by atoms with Crippen LogP contribution < -0.4 is 10.2 Å². The van der Waals surface area contributed by atoms with Crippen molar-refractivity contribution in [2.75, 3.05) is 23.4 Å². The maximum atomic E-state index is 12.1. The van der Waals surface area contributed by atoms with E-state index in [0.717, 1.165) is 5.56 Å². The van der Waals surface area contributed by atoms with Crippen LogP contribution in [-0.4, -0.2) is 39.3 Å². The third-order valence-electron chi connectivity index (χ3n) is 3.24. The molecule has 24 heavy (non-hydrogen) atoms. The Labute approximate surface area is 146 Å². The number of carbonyl (C=O) groups is 1. The van der Waals surface area contributed by atoms with Crippen LogP contribution in [0.2, 0.25) is 0 Å². The predicted octanol–water partition coefficient (Wildman–Crippen LogP) is 2.25. The Morgan fingerprint density at radius 2 is 2.25 bits per heavy atom. The van der Waals surface area contributed by atoms with Crippen molar-refractivity contribution in [2.24, 2.45) is 0 Å². The molecule has 3 aromatic rings. The maximum absolute atomic E-state index is 12.1. The lowest BCUT2D eigenvalue weighted by Gasteiger charge is -2.22. The quantitative estimate of drug-likeness (QED) is 0.671. The Balaban J connectivity index is 1.70. The lowest BCUT2D eigenvalue weighted by molar-refractivity contribution is 0.102. The fourth-order valence-electron chi connectivity index (χ4n) is 2.10. The molecule has 7 nitrogen and oxygen atoms in total. The van der Waals surface area contributed by atoms with Crippen molar-refractivity contribution >= 4 is 39.5 Å². The molecule has 0 aromatic carbocycles. The van der Waals surface area contributed by atoms with E-state index in [0.29, 0.717) is 29.6 Å². The lowest BCUT2D eigenvalue weighted by atomic mass is 10.2. The largest absolute Gasteiger partial charge is 0.395 e. The number of hydrogen-bond acceptors (Lipinski definition) is 8. The van der Waals surface area contributed by atoms with E-state index < -0.39 is 0 Å². The first-order valence-electron chi connectivity index (χ1n) is 7.16. The van der Waals surface area contributed by atoms with Crippen LogP contribution in [0.1, 0.15) is 15.9 Å². The molecule has 3 aromatic heterocycles. The first kappa shape index (κ1) is 16.5. The van der Waals surface area contributed by atoms with Gasteiger partial charge in [0.05, 0.1) is 12.2 Å². The molecule has 3 rings (SSSR count). The maximum Gasteiger partial charge on any atom is 0.259 e. The van der Waals surface area contributed by atoms with Crippen LogP contribution in [0.4, 0.5) is 10.9 Å². The molecule has 0 saturated heterocycles. The summed E-state index contributed by atoms with van der Waals surface area (Å²) in [6, 6.07) is 5.52. The van der Waals surface area contributed by atoms with Crippen molar-refractivity contribution in [1.29, 1.82) is 0 Å². The monoisotopic (exact) mass is 361 g/mol. The number of anilines is 2. The molecule has 9 heteroatoms. The molecule has 0 bridgehead atoms. The smallest absolute Gasteiger partial charge is 0.259 e. The molecule has 0 aliphatic heterocycles. The molecule has 0 aliphatic carbocycles. The van der Waals surface area contributed by atoms with Gasteiger partial charge in [0.15, 0.2) is 0 Å². The average Bonchev–Trinajstić information content (AvgIpc) is 3.28. The van der Waals surface area contributed by atoms with E-state index in [-0.39, 0.29) is 12.5 Å². The Hall–Kier alpha value is -2.36. The molecular weight excluding hydrogens is 346 g/mol. The van der Waals surface area contributed by atoms with Gasteiger partial charge in [-0.2, -0.15) is 11.3 Å². The fourth-order valence-corrected chi connectivity index (χ4v) is 3.20. The Morgan fingerprint density at radius 3 is 2.88 bits per heavy atom. The molecule has 0 unspecified atom stereocenters. The summed E-state index contributed by atoms with van der Waals surface area (Å²) in [7, 11) is 0. The number of amides is 1. The summed E-state index contributed by atoms with van der Waals surface area (Å²) in [6.07, 6.45) is 1.52. The molecule has 3 heterocycles. The number of carbonyl (C=O) groups excluding carboxylic acids is 1. The molecular formula is C15H15N5O2S2. The second kappa shape index (κ2) is 7.95. The van der Waals surface area contributed by atoms with Crippen molar-refractivity contribution in [1.82, 2.24) is 15.2 Å². The summed E-state index contributed by atoms with van der Waals surface area (Å²) in [5.74, 6) is 0.431. The van der Waals surface area contributed by atoms with E-state index in [1.54, 1.807) is 29.0 Å². The van der Waals surface area contributed by atoms with Crippen LogP contribution in [0.3, 0.4) is 0 Å². The second-order valence-corrected chi connectivity index (χ2v) is 6.49. The molecule has 0 atom stereocenters. The normalized spacial score (nSPS) is 10.5. The zero-order valence-corrected chi connectivity index (χ0v) is 14.3. The van der Waals surface area contributed by atoms with Crippen molar-refractivity contribution in [3.63, 3.8) is 0 Å². The minimum Gasteiger partial charge on any atom is -0.395 e. The van der Waals surface area contributed by atoms with Gasteiger partial charge in [-0.25, -0.2) is 4.98 Å². The number of aliphatic hydroxyl groups excluding tert-OH is 1. The molecule has 0 fully saturated rings. The number of hydrogen-bond donors (Lipinski definition) is 2. The second-order valence-electron chi connectivity index (χ2n) is 4.88. The van der Waals surface area contributed by atoms with Crippen LogP contribution in [0.25, 0.3) is 0 Å². The molecule has 0 aliphatic rings. The van der Waals surface area contributed by atoms with E-state index in [9.17, 15) is 9.90 Å². The van der Waals surface area contributed by atoms with Crippen LogP contribution in [0.5, 0.6) is 0 Å². The number of rotatable bonds is 7. The van der Waals surface area contributed by atoms with Crippen LogP contribution >= 0.6 is 22.7 Å². The first-order chi connectivity index (χ1) is 11.8. The van der Waals surface area contributed by atoms with E-state index in [2.05, 4.69) is 25.9 Å². The highest BCUT2D eigenvalue weighted by atomic mass is 32.1. The minimum atomic E-state index is -0.280. The van der Waals surface area contributed by atoms with Gasteiger partial charge < -0.3 is 10.0 Å². The Morgan fingerprint density at radius 1 is 1.33 bits per heavy atom. The number of thiophene rings is 1. The van der Waals surface area contributed by atoms with Crippen LogP contribution in [0, 0.1) is 0 Å². The summed E-state index contributed by atoms with van der Waals surface area (Å²) in [4.78, 5) is 18.4. The average molecular weight is 361 g/mol. The van der Waals surface area contributed by atoms with Crippen molar-refractivity contribution in [3.8, 4) is 0 Å². The van der Waals surface area contributed by atoms with Gasteiger partial charge in [0.25, 0.3) is 5.91 Å². The highest BCUT2D eigenvalue weighted by Crippen LogP contribution is 2.17. The summed E-state index contributed by atoms with van der Waals surface area (Å²) < 4.78 is 0. The third-order valence-corrected chi connectivity index (χ3v) is 4.58. The van der Waals surface area contributed by atoms with Gasteiger partial charge in [-0.05, 0) is 34.5 Å². The van der Waals surface area contributed by atoms with Crippen molar-refractivity contribution < 1.29 is 9.90 Å².